The number of carbonyl (C=O) groups is 1. The molecular formula is C18H20N4O6S. The first-order chi connectivity index (χ1) is 13.6. The molecule has 1 amide bonds. The zero-order valence-electron chi connectivity index (χ0n) is 15.7. The largest absolute Gasteiger partial charge is 0.337 e. The molecule has 0 atom stereocenters. The monoisotopic (exact) mass is 420 g/mol. The van der Waals surface area contributed by atoms with Crippen molar-refractivity contribution in [1.29, 1.82) is 0 Å². The molecule has 1 N–H and O–H groups in total. The van der Waals surface area contributed by atoms with Crippen molar-refractivity contribution < 1.29 is 13.2 Å². The van der Waals surface area contributed by atoms with Crippen LogP contribution in [-0.2, 0) is 34.3 Å². The minimum atomic E-state index is -3.38. The number of rotatable bonds is 8. The number of sulfone groups is 1. The highest BCUT2D eigenvalue weighted by molar-refractivity contribution is 7.90. The molecule has 0 saturated carbocycles. The summed E-state index contributed by atoms with van der Waals surface area (Å²) in [5.41, 5.74) is -2.43. The second-order valence-electron chi connectivity index (χ2n) is 6.08. The molecular weight excluding hydrogens is 400 g/mol. The van der Waals surface area contributed by atoms with E-state index in [2.05, 4.69) is 18.5 Å². The molecule has 0 bridgehead atoms. The summed E-state index contributed by atoms with van der Waals surface area (Å²) in [6.07, 6.45) is 3.69. The molecule has 1 heterocycles. The van der Waals surface area contributed by atoms with Crippen LogP contribution in [0.3, 0.4) is 0 Å². The molecule has 0 radical (unpaired) electrons. The Morgan fingerprint density at radius 3 is 1.79 bits per heavy atom. The second kappa shape index (κ2) is 8.69. The highest BCUT2D eigenvalue weighted by atomic mass is 32.2. The Hall–Kier alpha value is -3.47. The van der Waals surface area contributed by atoms with Gasteiger partial charge in [0.25, 0.3) is 0 Å². The van der Waals surface area contributed by atoms with E-state index in [9.17, 15) is 27.6 Å². The van der Waals surface area contributed by atoms with Gasteiger partial charge in [0.2, 0.25) is 5.91 Å². The molecule has 154 valence electrons. The predicted octanol–water partition coefficient (Wildman–Crippen LogP) is -0.414. The molecule has 11 heteroatoms. The lowest BCUT2D eigenvalue weighted by molar-refractivity contribution is -0.116. The van der Waals surface area contributed by atoms with E-state index < -0.39 is 39.4 Å². The van der Waals surface area contributed by atoms with Crippen LogP contribution >= 0.6 is 0 Å². The van der Waals surface area contributed by atoms with Gasteiger partial charge in [0.15, 0.2) is 9.84 Å². The van der Waals surface area contributed by atoms with Crippen LogP contribution in [-0.4, -0.2) is 34.3 Å². The molecule has 1 aromatic carbocycles. The van der Waals surface area contributed by atoms with Gasteiger partial charge in [-0.25, -0.2) is 36.5 Å². The van der Waals surface area contributed by atoms with Gasteiger partial charge in [0, 0.05) is 11.9 Å². The Labute approximate surface area is 166 Å². The van der Waals surface area contributed by atoms with Crippen molar-refractivity contribution in [2.75, 3.05) is 11.6 Å². The third kappa shape index (κ3) is 4.88. The van der Waals surface area contributed by atoms with Crippen molar-refractivity contribution in [1.82, 2.24) is 13.7 Å². The average Bonchev–Trinajstić information content (AvgIpc) is 2.65. The first-order valence-electron chi connectivity index (χ1n) is 8.36. The van der Waals surface area contributed by atoms with Crippen molar-refractivity contribution in [3.63, 3.8) is 0 Å². The zero-order valence-corrected chi connectivity index (χ0v) is 16.5. The van der Waals surface area contributed by atoms with Crippen LogP contribution in [0, 0.1) is 0 Å². The Balaban J connectivity index is 2.38. The summed E-state index contributed by atoms with van der Waals surface area (Å²) in [5.74, 6) is -0.703. The van der Waals surface area contributed by atoms with Crippen LogP contribution in [0.15, 0.2) is 68.9 Å². The van der Waals surface area contributed by atoms with Gasteiger partial charge in [0.1, 0.15) is 6.54 Å². The smallest absolute Gasteiger partial charge is 0.325 e. The number of amides is 1. The maximum atomic E-state index is 12.5. The molecule has 0 aliphatic heterocycles. The Morgan fingerprint density at radius 1 is 0.931 bits per heavy atom. The van der Waals surface area contributed by atoms with Crippen molar-refractivity contribution >= 4 is 21.4 Å². The number of nitrogens with zero attached hydrogens (tertiary/aromatic N) is 3. The molecule has 1 aromatic heterocycles. The molecule has 29 heavy (non-hydrogen) atoms. The van der Waals surface area contributed by atoms with E-state index in [-0.39, 0.29) is 23.7 Å². The number of nitrogens with one attached hydrogen (secondary N) is 1. The maximum Gasteiger partial charge on any atom is 0.337 e. The fraction of sp³-hybridized carbons (Fsp3) is 0.222. The lowest BCUT2D eigenvalue weighted by atomic mass is 10.3. The molecule has 10 nitrogen and oxygen atoms in total. The molecule has 0 fully saturated rings. The predicted molar refractivity (Wildman–Crippen MR) is 108 cm³/mol. The summed E-state index contributed by atoms with van der Waals surface area (Å²) < 4.78 is 25.2. The van der Waals surface area contributed by atoms with Crippen LogP contribution in [0.1, 0.15) is 0 Å². The first kappa shape index (κ1) is 21.8. The molecule has 0 spiro atoms. The number of hydrogen-bond acceptors (Lipinski definition) is 6. The second-order valence-corrected chi connectivity index (χ2v) is 8.09. The maximum absolute atomic E-state index is 12.5. The van der Waals surface area contributed by atoms with E-state index >= 15 is 0 Å². The van der Waals surface area contributed by atoms with Crippen molar-refractivity contribution in [3.8, 4) is 0 Å². The minimum absolute atomic E-state index is 0.0792. The number of anilines is 1. The van der Waals surface area contributed by atoms with Gasteiger partial charge in [0.05, 0.1) is 18.0 Å². The molecule has 0 aliphatic rings. The van der Waals surface area contributed by atoms with Crippen molar-refractivity contribution in [2.45, 2.75) is 24.5 Å². The Kier molecular flexibility index (Phi) is 6.54. The molecule has 0 unspecified atom stereocenters. The van der Waals surface area contributed by atoms with Crippen LogP contribution in [0.25, 0.3) is 0 Å². The van der Waals surface area contributed by atoms with Crippen molar-refractivity contribution in [2.24, 2.45) is 0 Å². The summed E-state index contributed by atoms with van der Waals surface area (Å²) in [6.45, 7) is 6.03. The number of carbonyl (C=O) groups excluding carboxylic acids is 1. The van der Waals surface area contributed by atoms with E-state index in [0.717, 1.165) is 15.4 Å². The van der Waals surface area contributed by atoms with Gasteiger partial charge in [-0.05, 0) is 24.3 Å². The van der Waals surface area contributed by atoms with E-state index in [0.29, 0.717) is 4.57 Å². The molecule has 0 saturated heterocycles. The lowest BCUT2D eigenvalue weighted by Gasteiger charge is -2.12. The van der Waals surface area contributed by atoms with Gasteiger partial charge >= 0.3 is 17.1 Å². The quantitative estimate of drug-likeness (QED) is 0.578. The highest BCUT2D eigenvalue weighted by Crippen LogP contribution is 2.13. The number of aromatic nitrogens is 3. The number of hydrogen-bond donors (Lipinski definition) is 1. The summed E-state index contributed by atoms with van der Waals surface area (Å²) in [5, 5.41) is 2.47. The zero-order chi connectivity index (χ0) is 21.8. The molecule has 2 rings (SSSR count). The Morgan fingerprint density at radius 2 is 1.38 bits per heavy atom. The van der Waals surface area contributed by atoms with E-state index in [4.69, 9.17) is 0 Å². The van der Waals surface area contributed by atoms with Crippen LogP contribution in [0.5, 0.6) is 0 Å². The third-order valence-corrected chi connectivity index (χ3v) is 5.01. The summed E-state index contributed by atoms with van der Waals surface area (Å²) >= 11 is 0. The number of benzene rings is 1. The topological polar surface area (TPSA) is 129 Å². The minimum Gasteiger partial charge on any atom is -0.325 e. The van der Waals surface area contributed by atoms with Gasteiger partial charge in [-0.2, -0.15) is 0 Å². The van der Waals surface area contributed by atoms with Gasteiger partial charge < -0.3 is 5.32 Å². The highest BCUT2D eigenvalue weighted by Gasteiger charge is 2.17. The fourth-order valence-electron chi connectivity index (χ4n) is 2.52. The summed E-state index contributed by atoms with van der Waals surface area (Å²) in [4.78, 5) is 49.7. The van der Waals surface area contributed by atoms with E-state index in [1.54, 1.807) is 0 Å². The van der Waals surface area contributed by atoms with Crippen molar-refractivity contribution in [3.05, 3.63) is 81.0 Å². The van der Waals surface area contributed by atoms with Crippen LogP contribution in [0.2, 0.25) is 0 Å². The lowest BCUT2D eigenvalue weighted by Crippen LogP contribution is -2.55. The van der Waals surface area contributed by atoms with Gasteiger partial charge in [-0.3, -0.25) is 4.79 Å². The first-order valence-corrected chi connectivity index (χ1v) is 10.3. The number of allylic oxidation sites excluding steroid dienone is 2. The average molecular weight is 420 g/mol. The van der Waals surface area contributed by atoms with Gasteiger partial charge in [-0.1, -0.05) is 12.2 Å². The molecule has 0 aliphatic carbocycles. The Bertz CT molecular complexity index is 1180. The summed E-state index contributed by atoms with van der Waals surface area (Å²) in [7, 11) is -3.38. The normalized spacial score (nSPS) is 11.1. The molecule has 2 aromatic rings. The summed E-state index contributed by atoms with van der Waals surface area (Å²) in [6, 6.07) is 5.40. The standard InChI is InChI=1S/C18H20N4O6S/c1-4-10-20-16(24)21(11-5-2)18(26)22(17(20)25)12-15(23)19-13-6-8-14(9-7-13)29(3,27)28/h4-9H,1-2,10-12H2,3H3,(H,19,23). The third-order valence-electron chi connectivity index (χ3n) is 3.88. The SMILES string of the molecule is C=CCn1c(=O)n(CC=C)c(=O)n(CC(=O)Nc2ccc(S(C)(=O)=O)cc2)c1=O. The van der Waals surface area contributed by atoms with Gasteiger partial charge in [-0.15, -0.1) is 13.2 Å². The van der Waals surface area contributed by atoms with E-state index in [1.165, 1.54) is 36.4 Å². The van der Waals surface area contributed by atoms with Crippen LogP contribution in [0.4, 0.5) is 5.69 Å². The fourth-order valence-corrected chi connectivity index (χ4v) is 3.15. The van der Waals surface area contributed by atoms with E-state index in [1.807, 2.05) is 0 Å². The van der Waals surface area contributed by atoms with Crippen LogP contribution < -0.4 is 22.4 Å².